The molecule has 0 spiro atoms. The first-order chi connectivity index (χ1) is 8.59. The lowest BCUT2D eigenvalue weighted by atomic mass is 10.1. The molecule has 2 rings (SSSR count). The normalized spacial score (nSPS) is 26.4. The van der Waals surface area contributed by atoms with Gasteiger partial charge in [0.05, 0.1) is 5.75 Å². The second-order valence-corrected chi connectivity index (χ2v) is 7.75. The van der Waals surface area contributed by atoms with Crippen LogP contribution in [-0.4, -0.2) is 43.6 Å². The standard InChI is InChI=1S/C13H26N2O2S/c1-12-6-2-4-10-15(12)18(16,17)11-5-3-9-14-13-7-8-13/h12-14H,2-11H2,1H3. The Bertz CT molecular complexity index is 352. The minimum absolute atomic E-state index is 0.202. The van der Waals surface area contributed by atoms with Crippen molar-refractivity contribution in [1.82, 2.24) is 9.62 Å². The predicted octanol–water partition coefficient (Wildman–Crippen LogP) is 1.72. The summed E-state index contributed by atoms with van der Waals surface area (Å²) in [4.78, 5) is 0. The maximum Gasteiger partial charge on any atom is 0.214 e. The highest BCUT2D eigenvalue weighted by Gasteiger charge is 2.28. The van der Waals surface area contributed by atoms with Crippen LogP contribution in [0.15, 0.2) is 0 Å². The summed E-state index contributed by atoms with van der Waals surface area (Å²) in [5, 5.41) is 3.42. The van der Waals surface area contributed by atoms with Crippen molar-refractivity contribution in [1.29, 1.82) is 0 Å². The number of rotatable bonds is 7. The first-order valence-electron chi connectivity index (χ1n) is 7.32. The highest BCUT2D eigenvalue weighted by Crippen LogP contribution is 2.21. The number of piperidine rings is 1. The van der Waals surface area contributed by atoms with Gasteiger partial charge < -0.3 is 5.32 Å². The van der Waals surface area contributed by atoms with Gasteiger partial charge in [-0.05, 0) is 52.0 Å². The Morgan fingerprint density at radius 2 is 1.94 bits per heavy atom. The van der Waals surface area contributed by atoms with E-state index in [2.05, 4.69) is 5.32 Å². The zero-order valence-electron chi connectivity index (χ0n) is 11.4. The third-order valence-electron chi connectivity index (χ3n) is 3.94. The van der Waals surface area contributed by atoms with Crippen molar-refractivity contribution in [3.8, 4) is 0 Å². The molecule has 4 nitrogen and oxygen atoms in total. The van der Waals surface area contributed by atoms with E-state index in [-0.39, 0.29) is 6.04 Å². The summed E-state index contributed by atoms with van der Waals surface area (Å²) in [7, 11) is -3.01. The monoisotopic (exact) mass is 274 g/mol. The van der Waals surface area contributed by atoms with Gasteiger partial charge in [-0.25, -0.2) is 8.42 Å². The fourth-order valence-electron chi connectivity index (χ4n) is 2.61. The molecule has 1 aliphatic carbocycles. The lowest BCUT2D eigenvalue weighted by molar-refractivity contribution is 0.268. The van der Waals surface area contributed by atoms with E-state index in [0.29, 0.717) is 5.75 Å². The van der Waals surface area contributed by atoms with Gasteiger partial charge in [0, 0.05) is 18.6 Å². The van der Waals surface area contributed by atoms with E-state index in [1.807, 2.05) is 6.92 Å². The maximum absolute atomic E-state index is 12.2. The molecule has 0 aromatic rings. The van der Waals surface area contributed by atoms with Crippen LogP contribution in [0, 0.1) is 0 Å². The smallest absolute Gasteiger partial charge is 0.214 e. The van der Waals surface area contributed by atoms with E-state index in [0.717, 1.165) is 44.8 Å². The molecule has 1 heterocycles. The maximum atomic E-state index is 12.2. The van der Waals surface area contributed by atoms with Gasteiger partial charge in [0.25, 0.3) is 0 Å². The molecule has 1 unspecified atom stereocenters. The van der Waals surface area contributed by atoms with Crippen molar-refractivity contribution < 1.29 is 8.42 Å². The molecule has 0 bridgehead atoms. The third kappa shape index (κ3) is 4.21. The van der Waals surface area contributed by atoms with Gasteiger partial charge in [0.1, 0.15) is 0 Å². The Balaban J connectivity index is 1.68. The highest BCUT2D eigenvalue weighted by atomic mass is 32.2. The molecule has 0 aromatic carbocycles. The number of hydrogen-bond donors (Lipinski definition) is 1. The van der Waals surface area contributed by atoms with Crippen molar-refractivity contribution >= 4 is 10.0 Å². The molecular formula is C13H26N2O2S. The van der Waals surface area contributed by atoms with Gasteiger partial charge in [-0.2, -0.15) is 4.31 Å². The molecule has 2 fully saturated rings. The fourth-order valence-corrected chi connectivity index (χ4v) is 4.47. The summed E-state index contributed by atoms with van der Waals surface area (Å²) in [6.45, 7) is 3.73. The summed E-state index contributed by atoms with van der Waals surface area (Å²) >= 11 is 0. The lowest BCUT2D eigenvalue weighted by Crippen LogP contribution is -2.43. The van der Waals surface area contributed by atoms with E-state index < -0.39 is 10.0 Å². The SMILES string of the molecule is CC1CCCCN1S(=O)(=O)CCCCNC1CC1. The van der Waals surface area contributed by atoms with Gasteiger partial charge in [-0.1, -0.05) is 6.42 Å². The van der Waals surface area contributed by atoms with E-state index in [4.69, 9.17) is 0 Å². The van der Waals surface area contributed by atoms with Crippen molar-refractivity contribution in [3.05, 3.63) is 0 Å². The van der Waals surface area contributed by atoms with Gasteiger partial charge in [-0.3, -0.25) is 0 Å². The fraction of sp³-hybridized carbons (Fsp3) is 1.00. The molecule has 5 heteroatoms. The molecule has 1 N–H and O–H groups in total. The molecule has 1 saturated carbocycles. The first-order valence-corrected chi connectivity index (χ1v) is 8.93. The van der Waals surface area contributed by atoms with Crippen LogP contribution in [0.25, 0.3) is 0 Å². The highest BCUT2D eigenvalue weighted by molar-refractivity contribution is 7.89. The van der Waals surface area contributed by atoms with Crippen molar-refractivity contribution in [2.45, 2.75) is 64.0 Å². The van der Waals surface area contributed by atoms with Crippen LogP contribution in [0.2, 0.25) is 0 Å². The predicted molar refractivity (Wildman–Crippen MR) is 74.1 cm³/mol. The Labute approximate surface area is 111 Å². The largest absolute Gasteiger partial charge is 0.314 e. The molecule has 0 radical (unpaired) electrons. The van der Waals surface area contributed by atoms with E-state index in [1.165, 1.54) is 19.3 Å². The topological polar surface area (TPSA) is 49.4 Å². The van der Waals surface area contributed by atoms with Crippen LogP contribution in [0.4, 0.5) is 0 Å². The number of unbranched alkanes of at least 4 members (excludes halogenated alkanes) is 1. The molecule has 1 atom stereocenters. The van der Waals surface area contributed by atoms with Crippen LogP contribution in [0.1, 0.15) is 51.9 Å². The summed E-state index contributed by atoms with van der Waals surface area (Å²) < 4.78 is 26.1. The van der Waals surface area contributed by atoms with Gasteiger partial charge in [0.2, 0.25) is 10.0 Å². The summed E-state index contributed by atoms with van der Waals surface area (Å²) in [5.74, 6) is 0.323. The van der Waals surface area contributed by atoms with E-state index >= 15 is 0 Å². The molecule has 18 heavy (non-hydrogen) atoms. The molecule has 2 aliphatic rings. The molecule has 1 aliphatic heterocycles. The third-order valence-corrected chi connectivity index (χ3v) is 6.00. The Hall–Kier alpha value is -0.130. The second kappa shape index (κ2) is 6.35. The average molecular weight is 274 g/mol. The van der Waals surface area contributed by atoms with Crippen LogP contribution in [-0.2, 0) is 10.0 Å². The quantitative estimate of drug-likeness (QED) is 0.719. The molecule has 0 aromatic heterocycles. The Kier molecular flexibility index (Phi) is 5.04. The molecule has 1 saturated heterocycles. The number of nitrogens with zero attached hydrogens (tertiary/aromatic N) is 1. The van der Waals surface area contributed by atoms with Crippen LogP contribution in [0.3, 0.4) is 0 Å². The second-order valence-electron chi connectivity index (χ2n) is 5.71. The minimum Gasteiger partial charge on any atom is -0.314 e. The number of nitrogens with one attached hydrogen (secondary N) is 1. The zero-order chi connectivity index (χ0) is 13.0. The number of hydrogen-bond acceptors (Lipinski definition) is 3. The Morgan fingerprint density at radius 3 is 2.61 bits per heavy atom. The first kappa shape index (κ1) is 14.3. The lowest BCUT2D eigenvalue weighted by Gasteiger charge is -2.32. The summed E-state index contributed by atoms with van der Waals surface area (Å²) in [6.07, 6.45) is 7.55. The molecule has 0 amide bonds. The van der Waals surface area contributed by atoms with Gasteiger partial charge in [0.15, 0.2) is 0 Å². The Morgan fingerprint density at radius 1 is 1.17 bits per heavy atom. The van der Waals surface area contributed by atoms with Crippen LogP contribution in [0.5, 0.6) is 0 Å². The summed E-state index contributed by atoms with van der Waals surface area (Å²) in [5.41, 5.74) is 0. The van der Waals surface area contributed by atoms with Crippen molar-refractivity contribution in [2.24, 2.45) is 0 Å². The van der Waals surface area contributed by atoms with Gasteiger partial charge in [-0.15, -0.1) is 0 Å². The van der Waals surface area contributed by atoms with E-state index in [9.17, 15) is 8.42 Å². The molecular weight excluding hydrogens is 248 g/mol. The van der Waals surface area contributed by atoms with Gasteiger partial charge >= 0.3 is 0 Å². The minimum atomic E-state index is -3.01. The van der Waals surface area contributed by atoms with Crippen molar-refractivity contribution in [3.63, 3.8) is 0 Å². The average Bonchev–Trinajstić information content (AvgIpc) is 3.13. The van der Waals surface area contributed by atoms with E-state index in [1.54, 1.807) is 4.31 Å². The summed E-state index contributed by atoms with van der Waals surface area (Å²) in [6, 6.07) is 0.928. The number of sulfonamides is 1. The van der Waals surface area contributed by atoms with Crippen molar-refractivity contribution in [2.75, 3.05) is 18.8 Å². The van der Waals surface area contributed by atoms with Crippen LogP contribution >= 0.6 is 0 Å². The molecule has 106 valence electrons. The van der Waals surface area contributed by atoms with Crippen LogP contribution < -0.4 is 5.32 Å². The zero-order valence-corrected chi connectivity index (χ0v) is 12.2.